The Kier molecular flexibility index (Phi) is 6.25. The molecule has 152 valence electrons. The van der Waals surface area contributed by atoms with Crippen LogP contribution < -0.4 is 15.7 Å². The first-order valence-electron chi connectivity index (χ1n) is 9.12. The van der Waals surface area contributed by atoms with Crippen LogP contribution in [0, 0.1) is 13.8 Å². The smallest absolute Gasteiger partial charge is 0.336 e. The van der Waals surface area contributed by atoms with Crippen molar-refractivity contribution in [3.8, 4) is 5.75 Å². The average Bonchev–Trinajstić information content (AvgIpc) is 2.63. The quantitative estimate of drug-likeness (QED) is 0.614. The summed E-state index contributed by atoms with van der Waals surface area (Å²) in [5.74, 6) is 0.315. The van der Waals surface area contributed by atoms with Crippen LogP contribution in [0.15, 0.2) is 45.6 Å². The van der Waals surface area contributed by atoms with Gasteiger partial charge in [0.25, 0.3) is 0 Å². The molecule has 0 radical (unpaired) electrons. The maximum atomic E-state index is 12.5. The zero-order valence-corrected chi connectivity index (χ0v) is 17.6. The predicted octanol–water partition coefficient (Wildman–Crippen LogP) is 4.14. The van der Waals surface area contributed by atoms with Gasteiger partial charge >= 0.3 is 5.63 Å². The molecular weight excluding hydrogens is 392 g/mol. The predicted molar refractivity (Wildman–Crippen MR) is 115 cm³/mol. The Morgan fingerprint density at radius 3 is 2.62 bits per heavy atom. The van der Waals surface area contributed by atoms with E-state index in [1.165, 1.54) is 13.2 Å². The van der Waals surface area contributed by atoms with E-state index in [1.54, 1.807) is 18.2 Å². The molecule has 0 fully saturated rings. The lowest BCUT2D eigenvalue weighted by Gasteiger charge is -2.18. The van der Waals surface area contributed by atoms with Gasteiger partial charge in [-0.05, 0) is 67.9 Å². The van der Waals surface area contributed by atoms with Gasteiger partial charge in [-0.25, -0.2) is 4.79 Å². The number of benzene rings is 2. The second kappa shape index (κ2) is 8.68. The van der Waals surface area contributed by atoms with Crippen molar-refractivity contribution in [1.82, 2.24) is 4.90 Å². The van der Waals surface area contributed by atoms with E-state index in [2.05, 4.69) is 5.32 Å². The molecule has 29 heavy (non-hydrogen) atoms. The van der Waals surface area contributed by atoms with Gasteiger partial charge in [0.1, 0.15) is 11.3 Å². The first-order chi connectivity index (χ1) is 13.8. The Morgan fingerprint density at radius 1 is 1.17 bits per heavy atom. The van der Waals surface area contributed by atoms with Crippen molar-refractivity contribution in [3.05, 3.63) is 68.5 Å². The molecule has 0 aliphatic heterocycles. The number of ether oxygens (including phenoxy) is 1. The number of hydrogen-bond acceptors (Lipinski definition) is 5. The Balaban J connectivity index is 1.76. The van der Waals surface area contributed by atoms with E-state index in [-0.39, 0.29) is 12.5 Å². The second-order valence-electron chi connectivity index (χ2n) is 7.09. The van der Waals surface area contributed by atoms with Gasteiger partial charge in [-0.3, -0.25) is 9.69 Å². The molecule has 0 unspecified atom stereocenters. The normalized spacial score (nSPS) is 11.1. The molecule has 0 saturated heterocycles. The van der Waals surface area contributed by atoms with Crippen molar-refractivity contribution < 1.29 is 13.9 Å². The van der Waals surface area contributed by atoms with Gasteiger partial charge < -0.3 is 14.5 Å². The molecule has 7 heteroatoms. The van der Waals surface area contributed by atoms with Crippen molar-refractivity contribution in [3.63, 3.8) is 0 Å². The molecule has 1 N–H and O–H groups in total. The number of amides is 1. The highest BCUT2D eigenvalue weighted by molar-refractivity contribution is 6.31. The Hall–Kier alpha value is -2.83. The van der Waals surface area contributed by atoms with E-state index in [1.807, 2.05) is 37.9 Å². The zero-order valence-electron chi connectivity index (χ0n) is 16.8. The van der Waals surface area contributed by atoms with Crippen LogP contribution in [0.4, 0.5) is 5.69 Å². The summed E-state index contributed by atoms with van der Waals surface area (Å²) in [6.45, 7) is 4.54. The van der Waals surface area contributed by atoms with Crippen molar-refractivity contribution in [2.75, 3.05) is 26.0 Å². The molecule has 0 saturated carbocycles. The number of carbonyl (C=O) groups excluding carboxylic acids is 1. The summed E-state index contributed by atoms with van der Waals surface area (Å²) in [7, 11) is 3.34. The summed E-state index contributed by atoms with van der Waals surface area (Å²) in [6, 6.07) is 10.4. The van der Waals surface area contributed by atoms with E-state index >= 15 is 0 Å². The SMILES string of the molecule is COc1ccc(Cl)cc1NC(=O)CN(C)Cc1cc(=O)oc2cc(C)c(C)cc12. The van der Waals surface area contributed by atoms with E-state index in [0.717, 1.165) is 22.1 Å². The van der Waals surface area contributed by atoms with Crippen LogP contribution in [0.25, 0.3) is 11.0 Å². The minimum atomic E-state index is -0.405. The first-order valence-corrected chi connectivity index (χ1v) is 9.50. The lowest BCUT2D eigenvalue weighted by molar-refractivity contribution is -0.117. The number of anilines is 1. The topological polar surface area (TPSA) is 71.8 Å². The van der Waals surface area contributed by atoms with E-state index < -0.39 is 5.63 Å². The number of methoxy groups -OCH3 is 1. The fourth-order valence-corrected chi connectivity index (χ4v) is 3.35. The van der Waals surface area contributed by atoms with Crippen molar-refractivity contribution in [2.24, 2.45) is 0 Å². The van der Waals surface area contributed by atoms with Crippen LogP contribution >= 0.6 is 11.6 Å². The minimum Gasteiger partial charge on any atom is -0.495 e. The van der Waals surface area contributed by atoms with E-state index in [0.29, 0.717) is 28.6 Å². The summed E-state index contributed by atoms with van der Waals surface area (Å²) in [5.41, 5.74) is 3.64. The summed E-state index contributed by atoms with van der Waals surface area (Å²) >= 11 is 6.01. The van der Waals surface area contributed by atoms with Crippen LogP contribution in [-0.2, 0) is 11.3 Å². The number of halogens is 1. The molecule has 1 amide bonds. The van der Waals surface area contributed by atoms with E-state index in [4.69, 9.17) is 20.8 Å². The highest BCUT2D eigenvalue weighted by Gasteiger charge is 2.14. The van der Waals surface area contributed by atoms with Crippen LogP contribution in [0.3, 0.4) is 0 Å². The fraction of sp³-hybridized carbons (Fsp3) is 0.273. The molecule has 0 atom stereocenters. The second-order valence-corrected chi connectivity index (χ2v) is 7.52. The summed E-state index contributed by atoms with van der Waals surface area (Å²) in [4.78, 5) is 26.3. The Morgan fingerprint density at radius 2 is 1.90 bits per heavy atom. The minimum absolute atomic E-state index is 0.127. The third-order valence-corrected chi connectivity index (χ3v) is 4.97. The third kappa shape index (κ3) is 4.96. The molecule has 3 aromatic rings. The lowest BCUT2D eigenvalue weighted by atomic mass is 10.0. The van der Waals surface area contributed by atoms with Crippen LogP contribution in [-0.4, -0.2) is 31.5 Å². The number of carbonyl (C=O) groups is 1. The summed E-state index contributed by atoms with van der Waals surface area (Å²) < 4.78 is 10.6. The maximum Gasteiger partial charge on any atom is 0.336 e. The van der Waals surface area contributed by atoms with Gasteiger partial charge in [0.2, 0.25) is 5.91 Å². The standard InChI is InChI=1S/C22H23ClN2O4/c1-13-7-17-15(9-22(27)29-20(17)8-14(13)2)11-25(3)12-21(26)24-18-10-16(23)5-6-19(18)28-4/h5-10H,11-12H2,1-4H3,(H,24,26). The Labute approximate surface area is 174 Å². The van der Waals surface area contributed by atoms with E-state index in [9.17, 15) is 9.59 Å². The van der Waals surface area contributed by atoms with Gasteiger partial charge in [0, 0.05) is 23.0 Å². The number of aryl methyl sites for hydroxylation is 2. The van der Waals surface area contributed by atoms with Gasteiger partial charge in [0.15, 0.2) is 0 Å². The molecular formula is C22H23ClN2O4. The molecule has 6 nitrogen and oxygen atoms in total. The van der Waals surface area contributed by atoms with Gasteiger partial charge in [-0.2, -0.15) is 0 Å². The first kappa shape index (κ1) is 20.9. The molecule has 0 aliphatic rings. The summed E-state index contributed by atoms with van der Waals surface area (Å²) in [5, 5.41) is 4.19. The van der Waals surface area contributed by atoms with Gasteiger partial charge in [0.05, 0.1) is 19.3 Å². The molecule has 0 spiro atoms. The monoisotopic (exact) mass is 414 g/mol. The molecule has 2 aromatic carbocycles. The number of nitrogens with one attached hydrogen (secondary N) is 1. The highest BCUT2D eigenvalue weighted by atomic mass is 35.5. The van der Waals surface area contributed by atoms with Crippen molar-refractivity contribution >= 4 is 34.2 Å². The van der Waals surface area contributed by atoms with Crippen LogP contribution in [0.5, 0.6) is 5.75 Å². The van der Waals surface area contributed by atoms with Gasteiger partial charge in [-0.15, -0.1) is 0 Å². The number of rotatable bonds is 6. The van der Waals surface area contributed by atoms with Crippen LogP contribution in [0.2, 0.25) is 5.02 Å². The van der Waals surface area contributed by atoms with Crippen molar-refractivity contribution in [2.45, 2.75) is 20.4 Å². The molecule has 1 heterocycles. The molecule has 3 rings (SSSR count). The highest BCUT2D eigenvalue weighted by Crippen LogP contribution is 2.27. The largest absolute Gasteiger partial charge is 0.495 e. The van der Waals surface area contributed by atoms with Crippen LogP contribution in [0.1, 0.15) is 16.7 Å². The van der Waals surface area contributed by atoms with Crippen molar-refractivity contribution in [1.29, 1.82) is 0 Å². The Bertz CT molecular complexity index is 1120. The van der Waals surface area contributed by atoms with Gasteiger partial charge in [-0.1, -0.05) is 11.6 Å². The number of likely N-dealkylation sites (N-methyl/N-ethyl adjacent to an activating group) is 1. The lowest BCUT2D eigenvalue weighted by Crippen LogP contribution is -2.30. The number of nitrogens with zero attached hydrogens (tertiary/aromatic N) is 1. The zero-order chi connectivity index (χ0) is 21.1. The number of fused-ring (bicyclic) bond motifs is 1. The number of hydrogen-bond donors (Lipinski definition) is 1. The molecule has 0 aliphatic carbocycles. The summed E-state index contributed by atoms with van der Waals surface area (Å²) in [6.07, 6.45) is 0. The molecule has 1 aromatic heterocycles. The third-order valence-electron chi connectivity index (χ3n) is 4.73. The maximum absolute atomic E-state index is 12.5. The fourth-order valence-electron chi connectivity index (χ4n) is 3.17. The molecule has 0 bridgehead atoms. The average molecular weight is 415 g/mol.